The van der Waals surface area contributed by atoms with Crippen molar-refractivity contribution >= 4 is 5.91 Å². The van der Waals surface area contributed by atoms with Crippen molar-refractivity contribution in [1.82, 2.24) is 5.32 Å². The maximum Gasteiger partial charge on any atom is 0.220 e. The lowest BCUT2D eigenvalue weighted by atomic mass is 9.99. The van der Waals surface area contributed by atoms with Gasteiger partial charge in [-0.1, -0.05) is 127 Å². The van der Waals surface area contributed by atoms with Crippen LogP contribution in [0.5, 0.6) is 0 Å². The fraction of sp³-hybridized carbons (Fsp3) is 0.786. The molecular formula is C42H75NO8. The first-order valence-electron chi connectivity index (χ1n) is 20.4. The van der Waals surface area contributed by atoms with Gasteiger partial charge in [0, 0.05) is 6.42 Å². The zero-order chi connectivity index (χ0) is 37.4. The maximum absolute atomic E-state index is 12.9. The summed E-state index contributed by atoms with van der Waals surface area (Å²) in [5, 5.41) is 53.9. The number of amides is 1. The second kappa shape index (κ2) is 32.8. The lowest BCUT2D eigenvalue weighted by Crippen LogP contribution is -2.60. The lowest BCUT2D eigenvalue weighted by Gasteiger charge is -2.40. The molecule has 1 saturated heterocycles. The van der Waals surface area contributed by atoms with Crippen LogP contribution in [0, 0.1) is 0 Å². The molecule has 0 aromatic carbocycles. The molecule has 0 aromatic heterocycles. The number of carbonyl (C=O) groups is 1. The van der Waals surface area contributed by atoms with Crippen molar-refractivity contribution in [2.24, 2.45) is 0 Å². The van der Waals surface area contributed by atoms with Crippen molar-refractivity contribution in [2.45, 2.75) is 198 Å². The number of nitrogens with one attached hydrogen (secondary N) is 1. The first-order chi connectivity index (χ1) is 24.8. The molecule has 0 aromatic rings. The van der Waals surface area contributed by atoms with Gasteiger partial charge in [0.25, 0.3) is 0 Å². The third kappa shape index (κ3) is 24.2. The number of rotatable bonds is 32. The number of allylic oxidation sites excluding steroid dienone is 7. The topological polar surface area (TPSA) is 149 Å². The van der Waals surface area contributed by atoms with Gasteiger partial charge in [0.05, 0.1) is 25.4 Å². The standard InChI is InChI=1S/C42H75NO8/c1-3-5-7-9-11-13-15-17-19-21-23-25-27-29-31-36(45)35(34-50-42-41(49)40(48)39(47)37(33-44)51-42)43-38(46)32-30-28-26-24-22-20-18-16-14-12-10-8-6-4-2/h13,15-16,18,21,23,29,31,35-37,39-42,44-45,47-49H,3-12,14,17,19-20,22,24-28,30,32-34H2,1-2H3,(H,43,46)/b15-13+,18-16-,23-21+,31-29+. The molecule has 0 aliphatic carbocycles. The first-order valence-corrected chi connectivity index (χ1v) is 20.4. The second-order valence-corrected chi connectivity index (χ2v) is 14.1. The predicted octanol–water partition coefficient (Wildman–Crippen LogP) is 7.50. The average molecular weight is 722 g/mol. The molecule has 9 nitrogen and oxygen atoms in total. The van der Waals surface area contributed by atoms with Crippen molar-refractivity contribution < 1.29 is 39.8 Å². The van der Waals surface area contributed by atoms with Crippen LogP contribution < -0.4 is 5.32 Å². The quantitative estimate of drug-likeness (QED) is 0.0309. The van der Waals surface area contributed by atoms with Gasteiger partial charge < -0.3 is 40.3 Å². The summed E-state index contributed by atoms with van der Waals surface area (Å²) in [6.45, 7) is 3.68. The molecule has 7 unspecified atom stereocenters. The highest BCUT2D eigenvalue weighted by atomic mass is 16.7. The Morgan fingerprint density at radius 2 is 1.12 bits per heavy atom. The van der Waals surface area contributed by atoms with E-state index in [0.717, 1.165) is 70.6 Å². The number of carbonyl (C=O) groups excluding carboxylic acids is 1. The zero-order valence-corrected chi connectivity index (χ0v) is 32.1. The van der Waals surface area contributed by atoms with E-state index in [1.165, 1.54) is 64.2 Å². The Labute approximate surface area is 310 Å². The van der Waals surface area contributed by atoms with Gasteiger partial charge in [-0.3, -0.25) is 4.79 Å². The summed E-state index contributed by atoms with van der Waals surface area (Å²) in [6, 6.07) is -0.830. The third-order valence-electron chi connectivity index (χ3n) is 9.35. The van der Waals surface area contributed by atoms with Crippen molar-refractivity contribution in [3.05, 3.63) is 48.6 Å². The molecule has 6 N–H and O–H groups in total. The van der Waals surface area contributed by atoms with Crippen LogP contribution in [-0.2, 0) is 14.3 Å². The van der Waals surface area contributed by atoms with E-state index in [2.05, 4.69) is 55.6 Å². The van der Waals surface area contributed by atoms with Gasteiger partial charge in [0.1, 0.15) is 24.4 Å². The van der Waals surface area contributed by atoms with E-state index in [1.54, 1.807) is 6.08 Å². The normalized spacial score (nSPS) is 22.5. The molecule has 7 atom stereocenters. The number of hydrogen-bond acceptors (Lipinski definition) is 8. The van der Waals surface area contributed by atoms with Crippen molar-refractivity contribution in [1.29, 1.82) is 0 Å². The van der Waals surface area contributed by atoms with Gasteiger partial charge in [-0.25, -0.2) is 0 Å². The molecule has 1 aliphatic heterocycles. The molecule has 51 heavy (non-hydrogen) atoms. The summed E-state index contributed by atoms with van der Waals surface area (Å²) in [4.78, 5) is 12.9. The Morgan fingerprint density at radius 3 is 1.67 bits per heavy atom. The van der Waals surface area contributed by atoms with E-state index < -0.39 is 49.5 Å². The molecule has 1 heterocycles. The Hall–Kier alpha value is -1.85. The second-order valence-electron chi connectivity index (χ2n) is 14.1. The van der Waals surface area contributed by atoms with Crippen LogP contribution in [0.4, 0.5) is 0 Å². The number of unbranched alkanes of at least 4 members (excludes halogenated alkanes) is 16. The highest BCUT2D eigenvalue weighted by molar-refractivity contribution is 5.76. The SMILES string of the molecule is CCCCCC/C=C/CC/C=C/CC/C=C/C(O)C(COC1OC(CO)C(O)C(O)C1O)NC(=O)CCCCCCC/C=C\CCCCCCC. The molecule has 9 heteroatoms. The predicted molar refractivity (Wildman–Crippen MR) is 207 cm³/mol. The highest BCUT2D eigenvalue weighted by Gasteiger charge is 2.44. The van der Waals surface area contributed by atoms with Gasteiger partial charge in [0.15, 0.2) is 6.29 Å². The summed E-state index contributed by atoms with van der Waals surface area (Å²) < 4.78 is 11.1. The Kier molecular flexibility index (Phi) is 30.3. The van der Waals surface area contributed by atoms with Crippen LogP contribution in [-0.4, -0.2) is 87.5 Å². The first kappa shape index (κ1) is 47.2. The van der Waals surface area contributed by atoms with Crippen molar-refractivity contribution in [2.75, 3.05) is 13.2 Å². The average Bonchev–Trinajstić information content (AvgIpc) is 3.13. The van der Waals surface area contributed by atoms with Gasteiger partial charge >= 0.3 is 0 Å². The minimum atomic E-state index is -1.57. The van der Waals surface area contributed by atoms with Crippen molar-refractivity contribution in [3.63, 3.8) is 0 Å². The molecule has 296 valence electrons. The summed E-state index contributed by atoms with van der Waals surface area (Å²) in [5.41, 5.74) is 0. The summed E-state index contributed by atoms with van der Waals surface area (Å²) in [6.07, 6.45) is 32.9. The summed E-state index contributed by atoms with van der Waals surface area (Å²) >= 11 is 0. The number of aliphatic hydroxyl groups excluding tert-OH is 5. The van der Waals surface area contributed by atoms with Crippen LogP contribution in [0.1, 0.15) is 155 Å². The van der Waals surface area contributed by atoms with Gasteiger partial charge in [-0.05, 0) is 70.6 Å². The van der Waals surface area contributed by atoms with Gasteiger partial charge in [0.2, 0.25) is 5.91 Å². The Balaban J connectivity index is 2.48. The van der Waals surface area contributed by atoms with Crippen LogP contribution in [0.25, 0.3) is 0 Å². The van der Waals surface area contributed by atoms with Crippen molar-refractivity contribution in [3.8, 4) is 0 Å². The molecule has 1 rings (SSSR count). The summed E-state index contributed by atoms with van der Waals surface area (Å²) in [5.74, 6) is -0.204. The fourth-order valence-corrected chi connectivity index (χ4v) is 6.00. The van der Waals surface area contributed by atoms with E-state index in [1.807, 2.05) is 6.08 Å². The van der Waals surface area contributed by atoms with Crippen LogP contribution >= 0.6 is 0 Å². The zero-order valence-electron chi connectivity index (χ0n) is 32.1. The number of ether oxygens (including phenoxy) is 2. The number of hydrogen-bond donors (Lipinski definition) is 6. The maximum atomic E-state index is 12.9. The van der Waals surface area contributed by atoms with Crippen LogP contribution in [0.2, 0.25) is 0 Å². The van der Waals surface area contributed by atoms with Crippen LogP contribution in [0.3, 0.4) is 0 Å². The molecule has 0 radical (unpaired) electrons. The van der Waals surface area contributed by atoms with E-state index in [9.17, 15) is 30.3 Å². The largest absolute Gasteiger partial charge is 0.394 e. The Morgan fingerprint density at radius 1 is 0.647 bits per heavy atom. The third-order valence-corrected chi connectivity index (χ3v) is 9.35. The Bertz CT molecular complexity index is 936. The highest BCUT2D eigenvalue weighted by Crippen LogP contribution is 2.22. The van der Waals surface area contributed by atoms with Gasteiger partial charge in [-0.15, -0.1) is 0 Å². The van der Waals surface area contributed by atoms with E-state index in [4.69, 9.17) is 9.47 Å². The van der Waals surface area contributed by atoms with E-state index in [-0.39, 0.29) is 12.5 Å². The summed E-state index contributed by atoms with van der Waals surface area (Å²) in [7, 11) is 0. The molecule has 1 fully saturated rings. The lowest BCUT2D eigenvalue weighted by molar-refractivity contribution is -0.302. The molecule has 0 bridgehead atoms. The van der Waals surface area contributed by atoms with Crippen LogP contribution in [0.15, 0.2) is 48.6 Å². The molecule has 1 amide bonds. The number of aliphatic hydroxyl groups is 5. The fourth-order valence-electron chi connectivity index (χ4n) is 6.00. The smallest absolute Gasteiger partial charge is 0.220 e. The molecular weight excluding hydrogens is 646 g/mol. The molecule has 0 saturated carbocycles. The molecule has 1 aliphatic rings. The minimum Gasteiger partial charge on any atom is -0.394 e. The van der Waals surface area contributed by atoms with E-state index in [0.29, 0.717) is 6.42 Å². The monoisotopic (exact) mass is 722 g/mol. The molecule has 0 spiro atoms. The minimum absolute atomic E-state index is 0.204. The van der Waals surface area contributed by atoms with E-state index >= 15 is 0 Å². The van der Waals surface area contributed by atoms with Gasteiger partial charge in [-0.2, -0.15) is 0 Å².